The molecule has 6 heteroatoms. The first kappa shape index (κ1) is 16.6. The summed E-state index contributed by atoms with van der Waals surface area (Å²) in [7, 11) is -3.49. The SMILES string of the molecule is CCO.CS(=O)(=O)OCC(C#N)c1ccccc1. The lowest BCUT2D eigenvalue weighted by Crippen LogP contribution is -2.10. The molecule has 5 nitrogen and oxygen atoms in total. The lowest BCUT2D eigenvalue weighted by Gasteiger charge is -2.08. The van der Waals surface area contributed by atoms with Gasteiger partial charge in [-0.05, 0) is 12.5 Å². The van der Waals surface area contributed by atoms with Crippen molar-refractivity contribution in [1.29, 1.82) is 5.26 Å². The Morgan fingerprint density at radius 1 is 1.39 bits per heavy atom. The first-order chi connectivity index (χ1) is 8.44. The Morgan fingerprint density at radius 2 is 1.89 bits per heavy atom. The molecule has 0 amide bonds. The molecule has 0 aromatic heterocycles. The van der Waals surface area contributed by atoms with Crippen LogP contribution in [-0.2, 0) is 14.3 Å². The molecule has 0 heterocycles. The predicted octanol–water partition coefficient (Wildman–Crippen LogP) is 1.27. The van der Waals surface area contributed by atoms with E-state index in [1.54, 1.807) is 31.2 Å². The van der Waals surface area contributed by atoms with Crippen molar-refractivity contribution < 1.29 is 17.7 Å². The summed E-state index contributed by atoms with van der Waals surface area (Å²) in [6.45, 7) is 1.79. The molecule has 1 aromatic rings. The van der Waals surface area contributed by atoms with Gasteiger partial charge in [0.05, 0.1) is 24.8 Å². The molecule has 1 unspecified atom stereocenters. The number of benzene rings is 1. The summed E-state index contributed by atoms with van der Waals surface area (Å²) in [5.74, 6) is -0.555. The molecule has 0 aliphatic rings. The molecular weight excluding hydrogens is 254 g/mol. The third-order valence-electron chi connectivity index (χ3n) is 1.81. The van der Waals surface area contributed by atoms with Crippen LogP contribution in [0.1, 0.15) is 18.4 Å². The predicted molar refractivity (Wildman–Crippen MR) is 68.4 cm³/mol. The van der Waals surface area contributed by atoms with Crippen LogP contribution in [0.15, 0.2) is 30.3 Å². The standard InChI is InChI=1S/C10H11NO3S.C2H6O/c1-15(12,13)14-8-10(7-11)9-5-3-2-4-6-9;1-2-3/h2-6,10H,8H2,1H3;3H,2H2,1H3. The van der Waals surface area contributed by atoms with Crippen molar-refractivity contribution in [1.82, 2.24) is 0 Å². The highest BCUT2D eigenvalue weighted by atomic mass is 32.2. The molecule has 1 rings (SSSR count). The van der Waals surface area contributed by atoms with Crippen molar-refractivity contribution in [2.24, 2.45) is 0 Å². The van der Waals surface area contributed by atoms with Gasteiger partial charge in [0.25, 0.3) is 10.1 Å². The third-order valence-corrected chi connectivity index (χ3v) is 2.37. The van der Waals surface area contributed by atoms with Gasteiger partial charge in [0.1, 0.15) is 0 Å². The summed E-state index contributed by atoms with van der Waals surface area (Å²) in [4.78, 5) is 0. The van der Waals surface area contributed by atoms with E-state index in [4.69, 9.17) is 10.4 Å². The maximum absolute atomic E-state index is 10.8. The van der Waals surface area contributed by atoms with Crippen LogP contribution in [0.2, 0.25) is 0 Å². The quantitative estimate of drug-likeness (QED) is 0.833. The lowest BCUT2D eigenvalue weighted by atomic mass is 10.0. The van der Waals surface area contributed by atoms with Crippen LogP contribution in [0, 0.1) is 11.3 Å². The number of aliphatic hydroxyl groups excluding tert-OH is 1. The van der Waals surface area contributed by atoms with E-state index in [2.05, 4.69) is 4.18 Å². The fraction of sp³-hybridized carbons (Fsp3) is 0.417. The fourth-order valence-corrected chi connectivity index (χ4v) is 1.47. The van der Waals surface area contributed by atoms with Crippen molar-refractivity contribution in [3.05, 3.63) is 35.9 Å². The van der Waals surface area contributed by atoms with E-state index >= 15 is 0 Å². The maximum Gasteiger partial charge on any atom is 0.264 e. The highest BCUT2D eigenvalue weighted by Gasteiger charge is 2.13. The number of aliphatic hydroxyl groups is 1. The molecule has 0 aliphatic heterocycles. The van der Waals surface area contributed by atoms with E-state index in [9.17, 15) is 8.42 Å². The highest BCUT2D eigenvalue weighted by molar-refractivity contribution is 7.85. The Bertz CT molecular complexity index is 465. The van der Waals surface area contributed by atoms with E-state index in [1.165, 1.54) is 0 Å². The third kappa shape index (κ3) is 7.79. The van der Waals surface area contributed by atoms with Gasteiger partial charge in [-0.15, -0.1) is 0 Å². The van der Waals surface area contributed by atoms with Crippen LogP contribution in [-0.4, -0.2) is 33.0 Å². The van der Waals surface area contributed by atoms with Crippen molar-refractivity contribution in [3.8, 4) is 6.07 Å². The fourth-order valence-electron chi connectivity index (χ4n) is 1.09. The molecular formula is C12H17NO4S. The molecule has 100 valence electrons. The van der Waals surface area contributed by atoms with Gasteiger partial charge in [0, 0.05) is 6.61 Å². The van der Waals surface area contributed by atoms with Crippen LogP contribution in [0.3, 0.4) is 0 Å². The Hall–Kier alpha value is -1.42. The first-order valence-corrected chi connectivity index (χ1v) is 7.16. The van der Waals surface area contributed by atoms with Gasteiger partial charge < -0.3 is 5.11 Å². The molecule has 0 bridgehead atoms. The Labute approximate surface area is 108 Å². The first-order valence-electron chi connectivity index (χ1n) is 5.34. The van der Waals surface area contributed by atoms with Gasteiger partial charge in [0.15, 0.2) is 0 Å². The number of hydrogen-bond donors (Lipinski definition) is 1. The second kappa shape index (κ2) is 8.64. The van der Waals surface area contributed by atoms with E-state index in [1.807, 2.05) is 12.1 Å². The van der Waals surface area contributed by atoms with Crippen molar-refractivity contribution >= 4 is 10.1 Å². The lowest BCUT2D eigenvalue weighted by molar-refractivity contribution is 0.313. The van der Waals surface area contributed by atoms with Crippen LogP contribution >= 0.6 is 0 Å². The highest BCUT2D eigenvalue weighted by Crippen LogP contribution is 2.15. The van der Waals surface area contributed by atoms with Crippen LogP contribution in [0.25, 0.3) is 0 Å². The minimum Gasteiger partial charge on any atom is -0.397 e. The van der Waals surface area contributed by atoms with E-state index < -0.39 is 16.0 Å². The second-order valence-corrected chi connectivity index (χ2v) is 5.04. The van der Waals surface area contributed by atoms with Gasteiger partial charge in [-0.2, -0.15) is 13.7 Å². The molecule has 0 saturated carbocycles. The Kier molecular flexibility index (Phi) is 7.96. The summed E-state index contributed by atoms with van der Waals surface area (Å²) in [6, 6.07) is 10.9. The zero-order chi connectivity index (χ0) is 14.0. The van der Waals surface area contributed by atoms with Gasteiger partial charge in [0.2, 0.25) is 0 Å². The minimum absolute atomic E-state index is 0.140. The summed E-state index contributed by atoms with van der Waals surface area (Å²) < 4.78 is 26.1. The number of nitrogens with zero attached hydrogens (tertiary/aromatic N) is 1. The summed E-state index contributed by atoms with van der Waals surface area (Å²) in [5.41, 5.74) is 0.753. The molecule has 1 N–H and O–H groups in total. The smallest absolute Gasteiger partial charge is 0.264 e. The average molecular weight is 271 g/mol. The molecule has 0 fully saturated rings. The van der Waals surface area contributed by atoms with Gasteiger partial charge in [-0.1, -0.05) is 30.3 Å². The van der Waals surface area contributed by atoms with E-state index in [-0.39, 0.29) is 13.2 Å². The van der Waals surface area contributed by atoms with Crippen molar-refractivity contribution in [2.45, 2.75) is 12.8 Å². The average Bonchev–Trinajstić information content (AvgIpc) is 2.31. The van der Waals surface area contributed by atoms with Crippen LogP contribution in [0.4, 0.5) is 0 Å². The Balaban J connectivity index is 0.000000873. The van der Waals surface area contributed by atoms with Crippen LogP contribution in [0.5, 0.6) is 0 Å². The maximum atomic E-state index is 10.8. The van der Waals surface area contributed by atoms with E-state index in [0.717, 1.165) is 11.8 Å². The molecule has 0 spiro atoms. The van der Waals surface area contributed by atoms with Crippen molar-refractivity contribution in [3.63, 3.8) is 0 Å². The zero-order valence-corrected chi connectivity index (χ0v) is 11.2. The molecule has 18 heavy (non-hydrogen) atoms. The molecule has 1 atom stereocenters. The molecule has 0 saturated heterocycles. The monoisotopic (exact) mass is 271 g/mol. The Morgan fingerprint density at radius 3 is 2.28 bits per heavy atom. The van der Waals surface area contributed by atoms with E-state index in [0.29, 0.717) is 0 Å². The largest absolute Gasteiger partial charge is 0.397 e. The second-order valence-electron chi connectivity index (χ2n) is 3.40. The normalized spacial score (nSPS) is 11.9. The number of rotatable bonds is 4. The van der Waals surface area contributed by atoms with Crippen molar-refractivity contribution in [2.75, 3.05) is 19.5 Å². The zero-order valence-electron chi connectivity index (χ0n) is 10.4. The summed E-state index contributed by atoms with van der Waals surface area (Å²) >= 11 is 0. The summed E-state index contributed by atoms with van der Waals surface area (Å²) in [6.07, 6.45) is 0.965. The van der Waals surface area contributed by atoms with Gasteiger partial charge in [-0.3, -0.25) is 4.18 Å². The molecule has 0 radical (unpaired) electrons. The topological polar surface area (TPSA) is 87.4 Å². The number of hydrogen-bond acceptors (Lipinski definition) is 5. The summed E-state index contributed by atoms with van der Waals surface area (Å²) in [5, 5.41) is 16.4. The number of nitriles is 1. The minimum atomic E-state index is -3.49. The molecule has 0 aliphatic carbocycles. The van der Waals surface area contributed by atoms with Gasteiger partial charge in [-0.25, -0.2) is 0 Å². The van der Waals surface area contributed by atoms with Gasteiger partial charge >= 0.3 is 0 Å². The van der Waals surface area contributed by atoms with Crippen LogP contribution < -0.4 is 0 Å². The molecule has 1 aromatic carbocycles.